The summed E-state index contributed by atoms with van der Waals surface area (Å²) in [4.78, 5) is 36.9. The molecular formula is C23H40N4O5. The van der Waals surface area contributed by atoms with E-state index in [0.717, 1.165) is 51.4 Å². The Balaban J connectivity index is 1.70. The number of alkyl carbamates (subject to hydrolysis) is 1. The summed E-state index contributed by atoms with van der Waals surface area (Å²) >= 11 is 0. The SMILES string of the molecule is CC(C)(C)OC(=O)NC(CCCCN)C(=O)NC12CC3CC(CC(NCC(=O)O)(C3)C1)C2. The molecule has 9 nitrogen and oxygen atoms in total. The van der Waals surface area contributed by atoms with E-state index in [1.807, 2.05) is 0 Å². The largest absolute Gasteiger partial charge is 0.480 e. The average molecular weight is 453 g/mol. The van der Waals surface area contributed by atoms with Crippen molar-refractivity contribution in [3.63, 3.8) is 0 Å². The lowest BCUT2D eigenvalue weighted by molar-refractivity contribution is -0.139. The van der Waals surface area contributed by atoms with Gasteiger partial charge in [-0.3, -0.25) is 9.59 Å². The van der Waals surface area contributed by atoms with E-state index in [2.05, 4.69) is 16.0 Å². The molecule has 0 spiro atoms. The fourth-order valence-electron chi connectivity index (χ4n) is 6.44. The number of unbranched alkanes of at least 4 members (excludes halogenated alkanes) is 1. The lowest BCUT2D eigenvalue weighted by Gasteiger charge is -2.62. The van der Waals surface area contributed by atoms with Gasteiger partial charge in [0.1, 0.15) is 11.6 Å². The number of carboxylic acid groups (broad SMARTS) is 1. The molecule has 4 aliphatic rings. The number of carbonyl (C=O) groups excluding carboxylic acids is 2. The highest BCUT2D eigenvalue weighted by atomic mass is 16.6. The van der Waals surface area contributed by atoms with Crippen LogP contribution in [0.3, 0.4) is 0 Å². The number of amides is 2. The van der Waals surface area contributed by atoms with Gasteiger partial charge in [-0.1, -0.05) is 0 Å². The average Bonchev–Trinajstić information content (AvgIpc) is 2.63. The molecule has 0 radical (unpaired) electrons. The zero-order valence-corrected chi connectivity index (χ0v) is 19.7. The molecule has 3 unspecified atom stereocenters. The number of carboxylic acids is 1. The van der Waals surface area contributed by atoms with Gasteiger partial charge in [0.15, 0.2) is 0 Å². The van der Waals surface area contributed by atoms with Crippen LogP contribution in [-0.2, 0) is 14.3 Å². The predicted molar refractivity (Wildman–Crippen MR) is 120 cm³/mol. The normalized spacial score (nSPS) is 31.8. The quantitative estimate of drug-likeness (QED) is 0.319. The van der Waals surface area contributed by atoms with Crippen LogP contribution in [-0.4, -0.2) is 58.9 Å². The summed E-state index contributed by atoms with van der Waals surface area (Å²) in [7, 11) is 0. The Labute approximate surface area is 190 Å². The Kier molecular flexibility index (Phi) is 7.39. The number of aliphatic carboxylic acids is 1. The van der Waals surface area contributed by atoms with Gasteiger partial charge in [-0.2, -0.15) is 0 Å². The highest BCUT2D eigenvalue weighted by Gasteiger charge is 2.58. The Morgan fingerprint density at radius 3 is 2.28 bits per heavy atom. The number of hydrogen-bond donors (Lipinski definition) is 5. The van der Waals surface area contributed by atoms with Crippen molar-refractivity contribution in [2.24, 2.45) is 17.6 Å². The van der Waals surface area contributed by atoms with Crippen LogP contribution in [0.1, 0.15) is 78.6 Å². The van der Waals surface area contributed by atoms with Gasteiger partial charge >= 0.3 is 12.1 Å². The summed E-state index contributed by atoms with van der Waals surface area (Å²) in [6, 6.07) is -0.688. The van der Waals surface area contributed by atoms with E-state index >= 15 is 0 Å². The second kappa shape index (κ2) is 9.55. The molecule has 182 valence electrons. The molecule has 4 fully saturated rings. The highest BCUT2D eigenvalue weighted by molar-refractivity contribution is 5.86. The van der Waals surface area contributed by atoms with Crippen LogP contribution < -0.4 is 21.7 Å². The van der Waals surface area contributed by atoms with Crippen molar-refractivity contribution in [2.45, 2.75) is 101 Å². The minimum absolute atomic E-state index is 0.0641. The van der Waals surface area contributed by atoms with Crippen LogP contribution in [0.2, 0.25) is 0 Å². The lowest BCUT2D eigenvalue weighted by Crippen LogP contribution is -2.70. The maximum absolute atomic E-state index is 13.4. The van der Waals surface area contributed by atoms with Crippen molar-refractivity contribution in [1.29, 1.82) is 0 Å². The number of ether oxygens (including phenoxy) is 1. The fourth-order valence-corrected chi connectivity index (χ4v) is 6.44. The molecule has 0 aromatic heterocycles. The Bertz CT molecular complexity index is 706. The zero-order chi connectivity index (χ0) is 23.6. The summed E-state index contributed by atoms with van der Waals surface area (Å²) < 4.78 is 5.37. The third kappa shape index (κ3) is 6.34. The topological polar surface area (TPSA) is 143 Å². The van der Waals surface area contributed by atoms with Gasteiger partial charge in [0.25, 0.3) is 0 Å². The molecule has 4 aliphatic carbocycles. The molecule has 2 amide bonds. The van der Waals surface area contributed by atoms with E-state index in [9.17, 15) is 19.5 Å². The van der Waals surface area contributed by atoms with E-state index in [4.69, 9.17) is 10.5 Å². The van der Waals surface area contributed by atoms with Gasteiger partial charge in [-0.25, -0.2) is 4.79 Å². The molecule has 4 bridgehead atoms. The lowest BCUT2D eigenvalue weighted by atomic mass is 9.50. The van der Waals surface area contributed by atoms with Crippen molar-refractivity contribution in [3.05, 3.63) is 0 Å². The smallest absolute Gasteiger partial charge is 0.408 e. The van der Waals surface area contributed by atoms with E-state index in [1.165, 1.54) is 0 Å². The van der Waals surface area contributed by atoms with Crippen LogP contribution in [0, 0.1) is 11.8 Å². The summed E-state index contributed by atoms with van der Waals surface area (Å²) in [5.41, 5.74) is 4.38. The summed E-state index contributed by atoms with van der Waals surface area (Å²) in [5.74, 6) is -0.0942. The first-order valence-corrected chi connectivity index (χ1v) is 11.9. The molecule has 0 heterocycles. The Morgan fingerprint density at radius 2 is 1.72 bits per heavy atom. The third-order valence-electron chi connectivity index (χ3n) is 7.02. The maximum Gasteiger partial charge on any atom is 0.408 e. The number of carbonyl (C=O) groups is 3. The van der Waals surface area contributed by atoms with Crippen molar-refractivity contribution < 1.29 is 24.2 Å². The molecule has 0 aromatic rings. The van der Waals surface area contributed by atoms with E-state index in [-0.39, 0.29) is 23.5 Å². The molecular weight excluding hydrogens is 412 g/mol. The monoisotopic (exact) mass is 452 g/mol. The maximum atomic E-state index is 13.4. The zero-order valence-electron chi connectivity index (χ0n) is 19.7. The first-order chi connectivity index (χ1) is 14.9. The third-order valence-corrected chi connectivity index (χ3v) is 7.02. The Hall–Kier alpha value is -1.87. The van der Waals surface area contributed by atoms with Gasteiger partial charge in [0, 0.05) is 11.1 Å². The van der Waals surface area contributed by atoms with Crippen LogP contribution in [0.25, 0.3) is 0 Å². The number of nitrogens with one attached hydrogen (secondary N) is 3. The molecule has 4 rings (SSSR count). The van der Waals surface area contributed by atoms with Gasteiger partial charge in [0.05, 0.1) is 6.54 Å². The molecule has 32 heavy (non-hydrogen) atoms. The number of rotatable bonds is 10. The van der Waals surface area contributed by atoms with Crippen molar-refractivity contribution >= 4 is 18.0 Å². The van der Waals surface area contributed by atoms with Crippen molar-refractivity contribution in [3.8, 4) is 0 Å². The minimum Gasteiger partial charge on any atom is -0.480 e. The van der Waals surface area contributed by atoms with Crippen LogP contribution in [0.4, 0.5) is 4.79 Å². The van der Waals surface area contributed by atoms with E-state index in [1.54, 1.807) is 20.8 Å². The molecule has 4 saturated carbocycles. The van der Waals surface area contributed by atoms with Crippen molar-refractivity contribution in [2.75, 3.05) is 13.1 Å². The highest BCUT2D eigenvalue weighted by Crippen LogP contribution is 2.57. The first-order valence-electron chi connectivity index (χ1n) is 11.9. The van der Waals surface area contributed by atoms with E-state index < -0.39 is 23.7 Å². The van der Waals surface area contributed by atoms with Gasteiger partial charge in [-0.05, 0) is 96.9 Å². The molecule has 0 aromatic carbocycles. The molecule has 0 aliphatic heterocycles. The standard InChI is InChI=1S/C23H40N4O5/c1-21(2,3)32-20(31)26-17(6-4-5-7-24)19(30)27-23-11-15-8-16(12-23)10-22(9-15,14-23)25-13-18(28)29/h15-17,25H,4-14,24H2,1-3H3,(H,26,31)(H,27,30)(H,28,29). The Morgan fingerprint density at radius 1 is 1.09 bits per heavy atom. The summed E-state index contributed by atoms with van der Waals surface area (Å²) in [6.45, 7) is 5.83. The second-order valence-electron chi connectivity index (χ2n) is 11.2. The summed E-state index contributed by atoms with van der Waals surface area (Å²) in [5, 5.41) is 18.5. The molecule has 3 atom stereocenters. The second-order valence-corrected chi connectivity index (χ2v) is 11.2. The fraction of sp³-hybridized carbons (Fsp3) is 0.870. The molecule has 9 heteroatoms. The summed E-state index contributed by atoms with van der Waals surface area (Å²) in [6.07, 6.45) is 7.02. The minimum atomic E-state index is -0.861. The van der Waals surface area contributed by atoms with Gasteiger partial charge in [-0.15, -0.1) is 0 Å². The van der Waals surface area contributed by atoms with Gasteiger partial charge < -0.3 is 31.5 Å². The van der Waals surface area contributed by atoms with Crippen LogP contribution in [0.15, 0.2) is 0 Å². The van der Waals surface area contributed by atoms with Crippen molar-refractivity contribution in [1.82, 2.24) is 16.0 Å². The van der Waals surface area contributed by atoms with Crippen LogP contribution >= 0.6 is 0 Å². The predicted octanol–water partition coefficient (Wildman–Crippen LogP) is 1.89. The number of nitrogens with two attached hydrogens (primary N) is 1. The van der Waals surface area contributed by atoms with Gasteiger partial charge in [0.2, 0.25) is 5.91 Å². The van der Waals surface area contributed by atoms with E-state index in [0.29, 0.717) is 24.8 Å². The molecule has 0 saturated heterocycles. The molecule has 6 N–H and O–H groups in total. The first kappa shape index (κ1) is 24.8. The van der Waals surface area contributed by atoms with Crippen LogP contribution in [0.5, 0.6) is 0 Å². The number of hydrogen-bond acceptors (Lipinski definition) is 6.